The third-order valence-electron chi connectivity index (χ3n) is 5.71. The Hall–Kier alpha value is -3.46. The predicted octanol–water partition coefficient (Wildman–Crippen LogP) is 2.66. The molecule has 2 aromatic rings. The summed E-state index contributed by atoms with van der Waals surface area (Å²) in [5.74, 6) is -0.0494. The maximum Gasteiger partial charge on any atom is 0.338 e. The van der Waals surface area contributed by atoms with Gasteiger partial charge in [-0.2, -0.15) is 0 Å². The van der Waals surface area contributed by atoms with Gasteiger partial charge in [0, 0.05) is 56.8 Å². The Morgan fingerprint density at radius 3 is 2.56 bits per heavy atom. The van der Waals surface area contributed by atoms with E-state index in [1.807, 2.05) is 6.07 Å². The van der Waals surface area contributed by atoms with Gasteiger partial charge in [-0.25, -0.2) is 4.79 Å². The number of rotatable bonds is 6. The van der Waals surface area contributed by atoms with Crippen LogP contribution in [0.15, 0.2) is 36.4 Å². The molecule has 2 aliphatic rings. The second-order valence-corrected chi connectivity index (χ2v) is 7.86. The van der Waals surface area contributed by atoms with Gasteiger partial charge >= 0.3 is 5.97 Å². The maximum atomic E-state index is 13.0. The molecule has 0 unspecified atom stereocenters. The molecule has 168 valence electrons. The van der Waals surface area contributed by atoms with Crippen LogP contribution >= 0.6 is 0 Å². The molecule has 0 atom stereocenters. The van der Waals surface area contributed by atoms with E-state index in [1.165, 1.54) is 23.3 Å². The number of hydrogen-bond acceptors (Lipinski definition) is 7. The number of nitrogens with zero attached hydrogens (tertiary/aromatic N) is 3. The molecule has 1 fully saturated rings. The molecule has 0 spiro atoms. The van der Waals surface area contributed by atoms with Crippen LogP contribution in [0.1, 0.15) is 38.8 Å². The van der Waals surface area contributed by atoms with Crippen LogP contribution in [0, 0.1) is 10.1 Å². The topological polar surface area (TPSA) is 102 Å². The smallest absolute Gasteiger partial charge is 0.338 e. The van der Waals surface area contributed by atoms with Crippen molar-refractivity contribution in [3.05, 3.63) is 68.8 Å². The van der Waals surface area contributed by atoms with Gasteiger partial charge in [0.2, 0.25) is 0 Å². The summed E-state index contributed by atoms with van der Waals surface area (Å²) in [6.45, 7) is 5.71. The van der Waals surface area contributed by atoms with Gasteiger partial charge in [-0.05, 0) is 30.2 Å². The van der Waals surface area contributed by atoms with E-state index < -0.39 is 10.9 Å². The second-order valence-electron chi connectivity index (χ2n) is 7.86. The van der Waals surface area contributed by atoms with Crippen LogP contribution in [0.25, 0.3) is 0 Å². The van der Waals surface area contributed by atoms with Crippen LogP contribution in [0.5, 0.6) is 5.75 Å². The van der Waals surface area contributed by atoms with Crippen molar-refractivity contribution in [3.63, 3.8) is 0 Å². The highest BCUT2D eigenvalue weighted by Gasteiger charge is 2.25. The van der Waals surface area contributed by atoms with Gasteiger partial charge in [0.15, 0.2) is 0 Å². The second kappa shape index (κ2) is 9.35. The average Bonchev–Trinajstić information content (AvgIpc) is 3.27. The summed E-state index contributed by atoms with van der Waals surface area (Å²) in [5, 5.41) is 11.3. The summed E-state index contributed by atoms with van der Waals surface area (Å²) >= 11 is 0. The fraction of sp³-hybridized carbons (Fsp3) is 0.391. The molecule has 0 aliphatic carbocycles. The number of non-ortho nitro benzene ring substituents is 1. The molecule has 0 N–H and O–H groups in total. The zero-order valence-electron chi connectivity index (χ0n) is 17.9. The van der Waals surface area contributed by atoms with Crippen molar-refractivity contribution in [2.45, 2.75) is 19.9 Å². The van der Waals surface area contributed by atoms with Gasteiger partial charge < -0.3 is 14.4 Å². The van der Waals surface area contributed by atoms with Crippen LogP contribution in [0.3, 0.4) is 0 Å². The summed E-state index contributed by atoms with van der Waals surface area (Å²) in [6, 6.07) is 9.98. The maximum absolute atomic E-state index is 13.0. The molecule has 0 bridgehead atoms. The van der Waals surface area contributed by atoms with E-state index in [9.17, 15) is 19.7 Å². The number of fused-ring (bicyclic) bond motifs is 1. The molecule has 4 rings (SSSR count). The number of ether oxygens (including phenoxy) is 2. The first-order valence-corrected chi connectivity index (χ1v) is 10.7. The van der Waals surface area contributed by atoms with Crippen molar-refractivity contribution in [1.82, 2.24) is 9.80 Å². The Labute approximate surface area is 185 Å². The highest BCUT2D eigenvalue weighted by molar-refractivity contribution is 5.99. The number of carbonyl (C=O) groups excluding carboxylic acids is 2. The molecule has 2 aromatic carbocycles. The predicted molar refractivity (Wildman–Crippen MR) is 116 cm³/mol. The lowest BCUT2D eigenvalue weighted by Gasteiger charge is -2.34. The normalized spacial score (nSPS) is 15.7. The van der Waals surface area contributed by atoms with Gasteiger partial charge in [0.25, 0.3) is 11.6 Å². The molecule has 1 saturated heterocycles. The summed E-state index contributed by atoms with van der Waals surface area (Å²) < 4.78 is 10.5. The van der Waals surface area contributed by atoms with Crippen molar-refractivity contribution < 1.29 is 24.0 Å². The van der Waals surface area contributed by atoms with Crippen LogP contribution < -0.4 is 4.74 Å². The third-order valence-corrected chi connectivity index (χ3v) is 5.71. The van der Waals surface area contributed by atoms with Crippen molar-refractivity contribution in [3.8, 4) is 5.75 Å². The molecule has 1 amide bonds. The third kappa shape index (κ3) is 4.72. The van der Waals surface area contributed by atoms with Crippen molar-refractivity contribution >= 4 is 17.6 Å². The first-order valence-electron chi connectivity index (χ1n) is 10.7. The largest absolute Gasteiger partial charge is 0.493 e. The summed E-state index contributed by atoms with van der Waals surface area (Å²) in [4.78, 5) is 39.7. The molecule has 2 aliphatic heterocycles. The SMILES string of the molecule is CCOC(=O)c1cc(C(=O)N2CCN(Cc3ccc4c(c3)CCO4)CC2)cc([N+](=O)[O-])c1. The van der Waals surface area contributed by atoms with E-state index in [1.54, 1.807) is 11.8 Å². The number of carbonyl (C=O) groups is 2. The molecular weight excluding hydrogens is 414 g/mol. The van der Waals surface area contributed by atoms with E-state index in [2.05, 4.69) is 17.0 Å². The number of nitro benzene ring substituents is 1. The Balaban J connectivity index is 1.41. The molecule has 0 saturated carbocycles. The average molecular weight is 439 g/mol. The Morgan fingerprint density at radius 1 is 1.09 bits per heavy atom. The van der Waals surface area contributed by atoms with Crippen LogP contribution in [-0.2, 0) is 17.7 Å². The number of amides is 1. The molecule has 32 heavy (non-hydrogen) atoms. The molecule has 0 aromatic heterocycles. The van der Waals surface area contributed by atoms with Gasteiger partial charge in [-0.15, -0.1) is 0 Å². The zero-order valence-corrected chi connectivity index (χ0v) is 17.9. The first-order chi connectivity index (χ1) is 15.4. The van der Waals surface area contributed by atoms with E-state index >= 15 is 0 Å². The Kier molecular flexibility index (Phi) is 6.36. The fourth-order valence-corrected chi connectivity index (χ4v) is 4.06. The minimum absolute atomic E-state index is 0.00336. The lowest BCUT2D eigenvalue weighted by atomic mass is 10.1. The minimum Gasteiger partial charge on any atom is -0.493 e. The van der Waals surface area contributed by atoms with Crippen LogP contribution in [0.2, 0.25) is 0 Å². The van der Waals surface area contributed by atoms with Gasteiger partial charge in [0.05, 0.1) is 23.7 Å². The molecule has 0 radical (unpaired) electrons. The lowest BCUT2D eigenvalue weighted by molar-refractivity contribution is -0.384. The highest BCUT2D eigenvalue weighted by Crippen LogP contribution is 2.26. The van der Waals surface area contributed by atoms with Crippen LogP contribution in [-0.4, -0.2) is 66.0 Å². The lowest BCUT2D eigenvalue weighted by Crippen LogP contribution is -2.48. The van der Waals surface area contributed by atoms with E-state index in [4.69, 9.17) is 9.47 Å². The van der Waals surface area contributed by atoms with Crippen molar-refractivity contribution in [2.75, 3.05) is 39.4 Å². The van der Waals surface area contributed by atoms with E-state index in [0.717, 1.165) is 31.4 Å². The van der Waals surface area contributed by atoms with E-state index in [0.29, 0.717) is 26.2 Å². The first kappa shape index (κ1) is 21.8. The number of esters is 1. The fourth-order valence-electron chi connectivity index (χ4n) is 4.06. The molecule has 2 heterocycles. The minimum atomic E-state index is -0.685. The highest BCUT2D eigenvalue weighted by atomic mass is 16.6. The van der Waals surface area contributed by atoms with E-state index in [-0.39, 0.29) is 29.3 Å². The van der Waals surface area contributed by atoms with Gasteiger partial charge in [0.1, 0.15) is 5.75 Å². The van der Waals surface area contributed by atoms with Gasteiger partial charge in [-0.3, -0.25) is 19.8 Å². The van der Waals surface area contributed by atoms with Crippen LogP contribution in [0.4, 0.5) is 5.69 Å². The summed E-state index contributed by atoms with van der Waals surface area (Å²) in [7, 11) is 0. The molecule has 9 nitrogen and oxygen atoms in total. The summed E-state index contributed by atoms with van der Waals surface area (Å²) in [5.41, 5.74) is 2.27. The van der Waals surface area contributed by atoms with Crippen molar-refractivity contribution in [2.24, 2.45) is 0 Å². The standard InChI is InChI=1S/C23H25N3O6/c1-2-31-23(28)19-12-18(13-20(14-19)26(29)30)22(27)25-8-6-24(7-9-25)15-16-3-4-21-17(11-16)5-10-32-21/h3-4,11-14H,2,5-10,15H2,1H3. The van der Waals surface area contributed by atoms with Crippen molar-refractivity contribution in [1.29, 1.82) is 0 Å². The summed E-state index contributed by atoms with van der Waals surface area (Å²) in [6.07, 6.45) is 0.933. The van der Waals surface area contributed by atoms with Gasteiger partial charge in [-0.1, -0.05) is 12.1 Å². The quantitative estimate of drug-likeness (QED) is 0.387. The molecule has 9 heteroatoms. The number of benzene rings is 2. The zero-order chi connectivity index (χ0) is 22.7. The number of nitro groups is 1. The Morgan fingerprint density at radius 2 is 1.84 bits per heavy atom. The molecular formula is C23H25N3O6. The number of hydrogen-bond donors (Lipinski definition) is 0. The number of piperazine rings is 1. The Bertz CT molecular complexity index is 1050. The monoisotopic (exact) mass is 439 g/mol.